The molecule has 0 saturated heterocycles. The molecule has 3 aromatic rings. The van der Waals surface area contributed by atoms with E-state index in [9.17, 15) is 9.59 Å². The third-order valence-corrected chi connectivity index (χ3v) is 4.95. The smallest absolute Gasteiger partial charge is 0.234 e. The van der Waals surface area contributed by atoms with E-state index in [4.69, 9.17) is 0 Å². The molecule has 6 nitrogen and oxygen atoms in total. The van der Waals surface area contributed by atoms with Crippen molar-refractivity contribution in [1.82, 2.24) is 15.1 Å². The third-order valence-electron chi connectivity index (χ3n) is 4.02. The Hall–Kier alpha value is -3.06. The summed E-state index contributed by atoms with van der Waals surface area (Å²) in [6, 6.07) is 17.2. The standard InChI is InChI=1S/C21H22N4O2S/c1-16-7-9-18(10-8-16)24-21(27)15-28-14-20(26)22-13-17-5-2-3-6-19(17)25-12-4-11-23-25/h2-12H,13-15H2,1H3,(H,22,26)(H,24,27). The summed E-state index contributed by atoms with van der Waals surface area (Å²) in [5.41, 5.74) is 3.80. The molecule has 0 fully saturated rings. The molecule has 0 aliphatic carbocycles. The van der Waals surface area contributed by atoms with Gasteiger partial charge in [-0.05, 0) is 36.8 Å². The van der Waals surface area contributed by atoms with Gasteiger partial charge in [0.2, 0.25) is 11.8 Å². The molecule has 0 saturated carbocycles. The zero-order valence-electron chi connectivity index (χ0n) is 15.6. The number of aryl methyl sites for hydroxylation is 1. The van der Waals surface area contributed by atoms with Crippen LogP contribution in [-0.4, -0.2) is 33.1 Å². The number of nitrogens with zero attached hydrogens (tertiary/aromatic N) is 2. The first kappa shape index (κ1) is 19.7. The largest absolute Gasteiger partial charge is 0.351 e. The van der Waals surface area contributed by atoms with Crippen LogP contribution >= 0.6 is 11.8 Å². The minimum atomic E-state index is -0.120. The molecule has 2 amide bonds. The molecular formula is C21H22N4O2S. The lowest BCUT2D eigenvalue weighted by Gasteiger charge is -2.11. The molecule has 0 unspecified atom stereocenters. The van der Waals surface area contributed by atoms with Gasteiger partial charge in [0.05, 0.1) is 17.2 Å². The highest BCUT2D eigenvalue weighted by atomic mass is 32.2. The zero-order valence-corrected chi connectivity index (χ0v) is 16.4. The van der Waals surface area contributed by atoms with Crippen molar-refractivity contribution in [1.29, 1.82) is 0 Å². The molecule has 7 heteroatoms. The minimum absolute atomic E-state index is 0.108. The van der Waals surface area contributed by atoms with Crippen LogP contribution in [0.5, 0.6) is 0 Å². The van der Waals surface area contributed by atoms with Crippen molar-refractivity contribution in [2.75, 3.05) is 16.8 Å². The van der Waals surface area contributed by atoms with E-state index >= 15 is 0 Å². The summed E-state index contributed by atoms with van der Waals surface area (Å²) in [5, 5.41) is 9.96. The predicted octanol–water partition coefficient (Wildman–Crippen LogP) is 3.17. The maximum absolute atomic E-state index is 12.1. The van der Waals surface area contributed by atoms with Crippen molar-refractivity contribution in [2.45, 2.75) is 13.5 Å². The number of carbonyl (C=O) groups is 2. The Morgan fingerprint density at radius 2 is 1.75 bits per heavy atom. The van der Waals surface area contributed by atoms with Gasteiger partial charge in [-0.1, -0.05) is 35.9 Å². The number of benzene rings is 2. The zero-order chi connectivity index (χ0) is 19.8. The van der Waals surface area contributed by atoms with E-state index in [2.05, 4.69) is 15.7 Å². The van der Waals surface area contributed by atoms with Crippen molar-refractivity contribution >= 4 is 29.3 Å². The molecule has 0 aliphatic heterocycles. The molecule has 0 spiro atoms. The molecule has 0 bridgehead atoms. The van der Waals surface area contributed by atoms with Crippen LogP contribution in [0.25, 0.3) is 5.69 Å². The van der Waals surface area contributed by atoms with Crippen LogP contribution < -0.4 is 10.6 Å². The first-order chi connectivity index (χ1) is 13.6. The molecular weight excluding hydrogens is 372 g/mol. The topological polar surface area (TPSA) is 76.0 Å². The van der Waals surface area contributed by atoms with Crippen LogP contribution in [0.4, 0.5) is 5.69 Å². The maximum Gasteiger partial charge on any atom is 0.234 e. The predicted molar refractivity (Wildman–Crippen MR) is 113 cm³/mol. The quantitative estimate of drug-likeness (QED) is 0.615. The van der Waals surface area contributed by atoms with Crippen molar-refractivity contribution in [3.8, 4) is 5.69 Å². The average molecular weight is 395 g/mol. The fraction of sp³-hybridized carbons (Fsp3) is 0.190. The van der Waals surface area contributed by atoms with Gasteiger partial charge in [0.25, 0.3) is 0 Å². The maximum atomic E-state index is 12.1. The number of hydrogen-bond acceptors (Lipinski definition) is 4. The van der Waals surface area contributed by atoms with E-state index in [1.807, 2.05) is 67.7 Å². The van der Waals surface area contributed by atoms with Gasteiger partial charge in [0.15, 0.2) is 0 Å². The number of amides is 2. The van der Waals surface area contributed by atoms with E-state index in [0.717, 1.165) is 22.5 Å². The SMILES string of the molecule is Cc1ccc(NC(=O)CSCC(=O)NCc2ccccc2-n2cccn2)cc1. The summed E-state index contributed by atoms with van der Waals surface area (Å²) in [6.07, 6.45) is 3.58. The summed E-state index contributed by atoms with van der Waals surface area (Å²) < 4.78 is 1.77. The lowest BCUT2D eigenvalue weighted by Crippen LogP contribution is -2.26. The second kappa shape index (κ2) is 9.75. The van der Waals surface area contributed by atoms with Crippen LogP contribution in [0.2, 0.25) is 0 Å². The Morgan fingerprint density at radius 3 is 2.50 bits per heavy atom. The molecule has 28 heavy (non-hydrogen) atoms. The molecule has 3 rings (SSSR count). The summed E-state index contributed by atoms with van der Waals surface area (Å²) in [6.45, 7) is 2.40. The van der Waals surface area contributed by atoms with E-state index in [1.54, 1.807) is 10.9 Å². The highest BCUT2D eigenvalue weighted by molar-refractivity contribution is 8.00. The van der Waals surface area contributed by atoms with E-state index in [1.165, 1.54) is 11.8 Å². The second-order valence-electron chi connectivity index (χ2n) is 6.26. The van der Waals surface area contributed by atoms with Crippen LogP contribution in [0.15, 0.2) is 67.0 Å². The van der Waals surface area contributed by atoms with Gasteiger partial charge in [-0.2, -0.15) is 5.10 Å². The molecule has 144 valence electrons. The first-order valence-corrected chi connectivity index (χ1v) is 10.1. The van der Waals surface area contributed by atoms with Crippen molar-refractivity contribution < 1.29 is 9.59 Å². The van der Waals surface area contributed by atoms with Gasteiger partial charge in [0.1, 0.15) is 0 Å². The van der Waals surface area contributed by atoms with Crippen molar-refractivity contribution in [2.24, 2.45) is 0 Å². The lowest BCUT2D eigenvalue weighted by atomic mass is 10.2. The van der Waals surface area contributed by atoms with E-state index in [-0.39, 0.29) is 23.3 Å². The Labute approximate surface area is 168 Å². The summed E-state index contributed by atoms with van der Waals surface area (Å²) in [5.74, 6) is 0.227. The van der Waals surface area contributed by atoms with Crippen LogP contribution in [-0.2, 0) is 16.1 Å². The van der Waals surface area contributed by atoms with Gasteiger partial charge in [0, 0.05) is 24.6 Å². The molecule has 1 aromatic heterocycles. The van der Waals surface area contributed by atoms with E-state index < -0.39 is 0 Å². The molecule has 0 radical (unpaired) electrons. The molecule has 1 heterocycles. The number of hydrogen-bond donors (Lipinski definition) is 2. The van der Waals surface area contributed by atoms with Gasteiger partial charge < -0.3 is 10.6 Å². The highest BCUT2D eigenvalue weighted by Crippen LogP contribution is 2.13. The van der Waals surface area contributed by atoms with E-state index in [0.29, 0.717) is 6.54 Å². The second-order valence-corrected chi connectivity index (χ2v) is 7.25. The van der Waals surface area contributed by atoms with Gasteiger partial charge in [-0.15, -0.1) is 11.8 Å². The molecule has 2 N–H and O–H groups in total. The number of para-hydroxylation sites is 1. The van der Waals surface area contributed by atoms with Gasteiger partial charge in [-0.25, -0.2) is 4.68 Å². The summed E-state index contributed by atoms with van der Waals surface area (Å²) in [7, 11) is 0. The van der Waals surface area contributed by atoms with Crippen molar-refractivity contribution in [3.63, 3.8) is 0 Å². The fourth-order valence-electron chi connectivity index (χ4n) is 2.61. The average Bonchev–Trinajstić information content (AvgIpc) is 3.23. The summed E-state index contributed by atoms with van der Waals surface area (Å²) in [4.78, 5) is 24.1. The third kappa shape index (κ3) is 5.72. The lowest BCUT2D eigenvalue weighted by molar-refractivity contribution is -0.118. The monoisotopic (exact) mass is 394 g/mol. The minimum Gasteiger partial charge on any atom is -0.351 e. The van der Waals surface area contributed by atoms with Gasteiger partial charge >= 0.3 is 0 Å². The molecule has 0 aliphatic rings. The Morgan fingerprint density at radius 1 is 1.00 bits per heavy atom. The number of thioether (sulfide) groups is 1. The number of carbonyl (C=O) groups excluding carboxylic acids is 2. The summed E-state index contributed by atoms with van der Waals surface area (Å²) >= 11 is 1.29. The van der Waals surface area contributed by atoms with Gasteiger partial charge in [-0.3, -0.25) is 9.59 Å². The van der Waals surface area contributed by atoms with Crippen LogP contribution in [0.1, 0.15) is 11.1 Å². The number of rotatable bonds is 8. The number of anilines is 1. The number of nitrogens with one attached hydrogen (secondary N) is 2. The van der Waals surface area contributed by atoms with Crippen LogP contribution in [0.3, 0.4) is 0 Å². The van der Waals surface area contributed by atoms with Crippen LogP contribution in [0, 0.1) is 6.92 Å². The highest BCUT2D eigenvalue weighted by Gasteiger charge is 2.08. The Bertz CT molecular complexity index is 924. The fourth-order valence-corrected chi connectivity index (χ4v) is 3.26. The normalized spacial score (nSPS) is 10.5. The molecule has 2 aromatic carbocycles. The molecule has 0 atom stereocenters. The van der Waals surface area contributed by atoms with Crippen molar-refractivity contribution in [3.05, 3.63) is 78.1 Å². The number of aromatic nitrogens is 2. The first-order valence-electron chi connectivity index (χ1n) is 8.91. The Kier molecular flexibility index (Phi) is 6.86. The Balaban J connectivity index is 1.42.